The average molecular weight is 282 g/mol. The van der Waals surface area contributed by atoms with Crippen molar-refractivity contribution in [1.82, 2.24) is 4.98 Å². The van der Waals surface area contributed by atoms with Gasteiger partial charge in [0, 0.05) is 18.1 Å². The van der Waals surface area contributed by atoms with E-state index in [1.54, 1.807) is 12.3 Å². The fourth-order valence-corrected chi connectivity index (χ4v) is 2.87. The summed E-state index contributed by atoms with van der Waals surface area (Å²) in [5, 5.41) is 0. The number of nitrogens with zero attached hydrogens (tertiary/aromatic N) is 1. The number of aromatic nitrogens is 1. The van der Waals surface area contributed by atoms with Crippen LogP contribution in [0.2, 0.25) is 0 Å². The van der Waals surface area contributed by atoms with E-state index in [4.69, 9.17) is 5.73 Å². The number of pyridine rings is 1. The molecule has 0 aliphatic rings. The molecule has 2 aromatic rings. The monoisotopic (exact) mass is 282 g/mol. The van der Waals surface area contributed by atoms with E-state index >= 15 is 0 Å². The van der Waals surface area contributed by atoms with Gasteiger partial charge in [-0.3, -0.25) is 9.19 Å². The predicted octanol–water partition coefficient (Wildman–Crippen LogP) is 2.56. The first-order valence-corrected chi connectivity index (χ1v) is 6.82. The van der Waals surface area contributed by atoms with Crippen molar-refractivity contribution in [2.75, 3.05) is 5.73 Å². The van der Waals surface area contributed by atoms with Crippen LogP contribution in [-0.4, -0.2) is 9.19 Å². The number of halogens is 2. The Balaban J connectivity index is 2.31. The Morgan fingerprint density at radius 3 is 2.42 bits per heavy atom. The van der Waals surface area contributed by atoms with Gasteiger partial charge in [-0.2, -0.15) is 0 Å². The van der Waals surface area contributed by atoms with E-state index < -0.39 is 27.3 Å². The summed E-state index contributed by atoms with van der Waals surface area (Å²) in [4.78, 5) is 3.50. The van der Waals surface area contributed by atoms with Crippen LogP contribution < -0.4 is 5.73 Å². The van der Waals surface area contributed by atoms with Crippen LogP contribution in [-0.2, 0) is 16.6 Å². The van der Waals surface area contributed by atoms with E-state index in [-0.39, 0.29) is 11.4 Å². The minimum Gasteiger partial charge on any atom is -0.399 e. The van der Waals surface area contributed by atoms with E-state index in [9.17, 15) is 13.0 Å². The summed E-state index contributed by atoms with van der Waals surface area (Å²) in [7, 11) is -1.82. The molecule has 0 amide bonds. The number of nitrogen functional groups attached to an aromatic ring is 1. The maximum absolute atomic E-state index is 13.6. The summed E-state index contributed by atoms with van der Waals surface area (Å²) in [6.45, 7) is 1.84. The van der Waals surface area contributed by atoms with Crippen LogP contribution in [0.5, 0.6) is 0 Å². The van der Waals surface area contributed by atoms with E-state index in [2.05, 4.69) is 4.98 Å². The molecular weight excluding hydrogens is 270 g/mol. The Morgan fingerprint density at radius 2 is 1.84 bits per heavy atom. The van der Waals surface area contributed by atoms with Crippen LogP contribution in [0, 0.1) is 18.6 Å². The molecule has 1 atom stereocenters. The molecule has 0 saturated heterocycles. The Hall–Kier alpha value is -1.82. The van der Waals surface area contributed by atoms with Crippen molar-refractivity contribution >= 4 is 16.5 Å². The molecule has 0 aliphatic heterocycles. The van der Waals surface area contributed by atoms with E-state index in [1.165, 1.54) is 6.20 Å². The van der Waals surface area contributed by atoms with Crippen molar-refractivity contribution < 1.29 is 13.0 Å². The van der Waals surface area contributed by atoms with Gasteiger partial charge in [0.25, 0.3) is 0 Å². The van der Waals surface area contributed by atoms with E-state index in [0.717, 1.165) is 17.7 Å². The molecule has 1 aromatic heterocycles. The van der Waals surface area contributed by atoms with Crippen molar-refractivity contribution in [2.24, 2.45) is 0 Å². The normalized spacial score (nSPS) is 12.4. The number of hydrogen-bond donors (Lipinski definition) is 1. The van der Waals surface area contributed by atoms with Gasteiger partial charge in [0.15, 0.2) is 0 Å². The number of nitrogens with two attached hydrogens (primary N) is 1. The predicted molar refractivity (Wildman–Crippen MR) is 69.9 cm³/mol. The van der Waals surface area contributed by atoms with Crippen molar-refractivity contribution in [3.63, 3.8) is 0 Å². The van der Waals surface area contributed by atoms with Gasteiger partial charge in [-0.15, -0.1) is 0 Å². The van der Waals surface area contributed by atoms with Gasteiger partial charge in [-0.1, -0.05) is 6.07 Å². The molecule has 0 fully saturated rings. The summed E-state index contributed by atoms with van der Waals surface area (Å²) >= 11 is 0. The van der Waals surface area contributed by atoms with Crippen LogP contribution in [0.3, 0.4) is 0 Å². The largest absolute Gasteiger partial charge is 0.399 e. The first kappa shape index (κ1) is 13.6. The van der Waals surface area contributed by atoms with Crippen LogP contribution in [0.4, 0.5) is 14.5 Å². The minimum atomic E-state index is -1.82. The zero-order valence-corrected chi connectivity index (χ0v) is 11.0. The molecule has 2 N–H and O–H groups in total. The lowest BCUT2D eigenvalue weighted by atomic mass is 10.2. The zero-order chi connectivity index (χ0) is 14.0. The lowest BCUT2D eigenvalue weighted by Crippen LogP contribution is -2.04. The summed E-state index contributed by atoms with van der Waals surface area (Å²) in [6.07, 6.45) is 3.18. The number of aryl methyl sites for hydroxylation is 1. The lowest BCUT2D eigenvalue weighted by Gasteiger charge is -2.06. The zero-order valence-electron chi connectivity index (χ0n) is 10.2. The molecule has 6 heteroatoms. The number of rotatable bonds is 3. The number of hydrogen-bond acceptors (Lipinski definition) is 3. The second-order valence-electron chi connectivity index (χ2n) is 4.17. The molecule has 0 aliphatic carbocycles. The van der Waals surface area contributed by atoms with Crippen molar-refractivity contribution in [3.8, 4) is 0 Å². The maximum Gasteiger partial charge on any atom is 0.144 e. The van der Waals surface area contributed by atoms with Crippen LogP contribution in [0.1, 0.15) is 11.1 Å². The number of anilines is 1. The Labute approximate surface area is 111 Å². The molecule has 0 radical (unpaired) electrons. The van der Waals surface area contributed by atoms with E-state index in [0.29, 0.717) is 5.56 Å². The molecule has 0 spiro atoms. The van der Waals surface area contributed by atoms with Gasteiger partial charge >= 0.3 is 0 Å². The highest BCUT2D eigenvalue weighted by Gasteiger charge is 2.17. The molecule has 2 rings (SSSR count). The van der Waals surface area contributed by atoms with Crippen molar-refractivity contribution in [3.05, 3.63) is 53.4 Å². The SMILES string of the molecule is Cc1cncc(CS(=O)c2c(F)cc(N)cc2F)c1. The summed E-state index contributed by atoms with van der Waals surface area (Å²) < 4.78 is 39.3. The molecular formula is C13H12F2N2OS. The summed E-state index contributed by atoms with van der Waals surface area (Å²) in [6, 6.07) is 3.70. The molecule has 1 aromatic carbocycles. The van der Waals surface area contributed by atoms with Crippen LogP contribution >= 0.6 is 0 Å². The molecule has 19 heavy (non-hydrogen) atoms. The Kier molecular flexibility index (Phi) is 3.90. The second kappa shape index (κ2) is 5.44. The topological polar surface area (TPSA) is 56.0 Å². The van der Waals surface area contributed by atoms with Gasteiger partial charge < -0.3 is 5.73 Å². The van der Waals surface area contributed by atoms with Gasteiger partial charge in [-0.05, 0) is 30.2 Å². The van der Waals surface area contributed by atoms with Gasteiger partial charge in [0.05, 0.1) is 16.6 Å². The first-order valence-electron chi connectivity index (χ1n) is 5.51. The standard InChI is InChI=1S/C13H12F2N2OS/c1-8-2-9(6-17-5-8)7-19(18)13-11(14)3-10(16)4-12(13)15/h2-6H,7,16H2,1H3. The molecule has 0 bridgehead atoms. The smallest absolute Gasteiger partial charge is 0.144 e. The molecule has 100 valence electrons. The highest BCUT2D eigenvalue weighted by molar-refractivity contribution is 7.84. The fraction of sp³-hybridized carbons (Fsp3) is 0.154. The van der Waals surface area contributed by atoms with Crippen molar-refractivity contribution in [1.29, 1.82) is 0 Å². The highest BCUT2D eigenvalue weighted by Crippen LogP contribution is 2.22. The molecule has 0 saturated carbocycles. The lowest BCUT2D eigenvalue weighted by molar-refractivity contribution is 0.535. The molecule has 3 nitrogen and oxygen atoms in total. The Morgan fingerprint density at radius 1 is 1.21 bits per heavy atom. The molecule has 1 heterocycles. The third-order valence-corrected chi connectivity index (χ3v) is 3.92. The first-order chi connectivity index (χ1) is 8.97. The minimum absolute atomic E-state index is 0.00639. The third kappa shape index (κ3) is 3.14. The van der Waals surface area contributed by atoms with E-state index in [1.807, 2.05) is 6.92 Å². The average Bonchev–Trinajstić information content (AvgIpc) is 2.27. The van der Waals surface area contributed by atoms with Gasteiger partial charge in [0.1, 0.15) is 16.5 Å². The second-order valence-corrected chi connectivity index (χ2v) is 5.56. The third-order valence-electron chi connectivity index (χ3n) is 2.48. The van der Waals surface area contributed by atoms with Gasteiger partial charge in [0.2, 0.25) is 0 Å². The highest BCUT2D eigenvalue weighted by atomic mass is 32.2. The summed E-state index contributed by atoms with van der Waals surface area (Å²) in [5.41, 5.74) is 6.83. The van der Waals surface area contributed by atoms with Crippen LogP contribution in [0.25, 0.3) is 0 Å². The Bertz CT molecular complexity index is 623. The van der Waals surface area contributed by atoms with Crippen molar-refractivity contribution in [2.45, 2.75) is 17.6 Å². The molecule has 1 unspecified atom stereocenters. The maximum atomic E-state index is 13.6. The number of benzene rings is 1. The van der Waals surface area contributed by atoms with Gasteiger partial charge in [-0.25, -0.2) is 8.78 Å². The fourth-order valence-electron chi connectivity index (χ4n) is 1.72. The summed E-state index contributed by atoms with van der Waals surface area (Å²) in [5.74, 6) is -1.78. The quantitative estimate of drug-likeness (QED) is 0.880. The van der Waals surface area contributed by atoms with Crippen LogP contribution in [0.15, 0.2) is 35.5 Å².